The molecule has 0 spiro atoms. The second-order valence-corrected chi connectivity index (χ2v) is 5.31. The maximum Gasteiger partial charge on any atom is 0.310 e. The molecule has 114 valence electrons. The minimum Gasteiger partial charge on any atom is -0.469 e. The number of nitrogens with zero attached hydrogens (tertiary/aromatic N) is 1. The number of carbonyl (C=O) groups excluding carboxylic acids is 1. The topological polar surface area (TPSA) is 43.3 Å². The van der Waals surface area contributed by atoms with Gasteiger partial charge < -0.3 is 14.6 Å². The highest BCUT2D eigenvalue weighted by atomic mass is 35.5. The van der Waals surface area contributed by atoms with Gasteiger partial charge in [-0.25, -0.2) is 0 Å². The van der Waals surface area contributed by atoms with Crippen LogP contribution in [-0.2, 0) is 16.0 Å². The smallest absolute Gasteiger partial charge is 0.310 e. The van der Waals surface area contributed by atoms with E-state index < -0.39 is 0 Å². The Bertz CT molecular complexity index is 618. The van der Waals surface area contributed by atoms with Gasteiger partial charge >= 0.3 is 5.97 Å². The van der Waals surface area contributed by atoms with Crippen molar-refractivity contribution in [1.82, 2.24) is 9.88 Å². The minimum absolute atomic E-state index is 0. The summed E-state index contributed by atoms with van der Waals surface area (Å²) in [5.41, 5.74) is 2.28. The van der Waals surface area contributed by atoms with Crippen molar-refractivity contribution < 1.29 is 9.53 Å². The quantitative estimate of drug-likeness (QED) is 0.887. The van der Waals surface area contributed by atoms with Crippen LogP contribution < -0.4 is 5.32 Å². The molecule has 2 aromatic rings. The van der Waals surface area contributed by atoms with Gasteiger partial charge in [-0.2, -0.15) is 0 Å². The van der Waals surface area contributed by atoms with Crippen molar-refractivity contribution in [2.45, 2.75) is 25.3 Å². The first-order chi connectivity index (χ1) is 9.79. The van der Waals surface area contributed by atoms with E-state index in [2.05, 4.69) is 34.3 Å². The van der Waals surface area contributed by atoms with E-state index in [1.807, 2.05) is 6.07 Å². The van der Waals surface area contributed by atoms with Crippen LogP contribution in [0.5, 0.6) is 0 Å². The Morgan fingerprint density at radius 2 is 2.05 bits per heavy atom. The fourth-order valence-corrected chi connectivity index (χ4v) is 3.03. The molecule has 0 radical (unpaired) electrons. The van der Waals surface area contributed by atoms with E-state index in [9.17, 15) is 4.79 Å². The van der Waals surface area contributed by atoms with E-state index in [4.69, 9.17) is 4.74 Å². The average molecular weight is 309 g/mol. The predicted octanol–water partition coefficient (Wildman–Crippen LogP) is 2.70. The van der Waals surface area contributed by atoms with Gasteiger partial charge in [-0.15, -0.1) is 12.4 Å². The Morgan fingerprint density at radius 1 is 1.33 bits per heavy atom. The lowest BCUT2D eigenvalue weighted by atomic mass is 10.1. The van der Waals surface area contributed by atoms with Crippen LogP contribution in [0.15, 0.2) is 30.5 Å². The van der Waals surface area contributed by atoms with Gasteiger partial charge in [-0.05, 0) is 37.6 Å². The molecule has 1 aromatic carbocycles. The van der Waals surface area contributed by atoms with Gasteiger partial charge in [0.15, 0.2) is 0 Å². The van der Waals surface area contributed by atoms with Crippen LogP contribution in [0.25, 0.3) is 10.9 Å². The number of benzene rings is 1. The first kappa shape index (κ1) is 15.9. The van der Waals surface area contributed by atoms with Crippen LogP contribution in [0.2, 0.25) is 0 Å². The molecule has 1 fully saturated rings. The summed E-state index contributed by atoms with van der Waals surface area (Å²) in [6, 6.07) is 8.83. The molecule has 5 heteroatoms. The van der Waals surface area contributed by atoms with Crippen LogP contribution >= 0.6 is 12.4 Å². The number of halogens is 1. The molecule has 1 aliphatic rings. The molecule has 4 nitrogen and oxygen atoms in total. The lowest BCUT2D eigenvalue weighted by Crippen LogP contribution is -2.29. The maximum atomic E-state index is 11.6. The van der Waals surface area contributed by atoms with Crippen molar-refractivity contribution in [1.29, 1.82) is 0 Å². The highest BCUT2D eigenvalue weighted by Crippen LogP contribution is 2.29. The molecule has 1 aromatic heterocycles. The van der Waals surface area contributed by atoms with Crippen LogP contribution in [0.4, 0.5) is 0 Å². The number of ether oxygens (including phenoxy) is 1. The first-order valence-corrected chi connectivity index (χ1v) is 7.15. The van der Waals surface area contributed by atoms with Crippen LogP contribution in [0, 0.1) is 0 Å². The Morgan fingerprint density at radius 3 is 2.76 bits per heavy atom. The molecule has 2 heterocycles. The van der Waals surface area contributed by atoms with Crippen molar-refractivity contribution in [2.75, 3.05) is 20.2 Å². The zero-order valence-corrected chi connectivity index (χ0v) is 13.0. The van der Waals surface area contributed by atoms with E-state index in [1.54, 1.807) is 0 Å². The van der Waals surface area contributed by atoms with Gasteiger partial charge in [0, 0.05) is 23.1 Å². The maximum absolute atomic E-state index is 11.6. The van der Waals surface area contributed by atoms with Gasteiger partial charge in [0.05, 0.1) is 13.5 Å². The van der Waals surface area contributed by atoms with Crippen LogP contribution in [0.1, 0.15) is 24.4 Å². The second kappa shape index (κ2) is 6.96. The molecule has 3 rings (SSSR count). The molecule has 0 saturated carbocycles. The van der Waals surface area contributed by atoms with E-state index in [1.165, 1.54) is 12.6 Å². The minimum atomic E-state index is -0.182. The Hall–Kier alpha value is -1.52. The highest BCUT2D eigenvalue weighted by Gasteiger charge is 2.19. The standard InChI is InChI=1S/C16H20N2O2.ClH/c1-20-16(19)10-12-11-18(13-6-8-17-9-7-13)15-5-3-2-4-14(12)15;/h2-5,11,13,17H,6-10H2,1H3;1H. The van der Waals surface area contributed by atoms with Gasteiger partial charge in [-0.1, -0.05) is 18.2 Å². The summed E-state index contributed by atoms with van der Waals surface area (Å²) in [5, 5.41) is 4.56. The fourth-order valence-electron chi connectivity index (χ4n) is 3.03. The first-order valence-electron chi connectivity index (χ1n) is 7.15. The summed E-state index contributed by atoms with van der Waals surface area (Å²) < 4.78 is 7.14. The summed E-state index contributed by atoms with van der Waals surface area (Å²) in [6.07, 6.45) is 4.75. The summed E-state index contributed by atoms with van der Waals surface area (Å²) in [6.45, 7) is 2.12. The molecule has 21 heavy (non-hydrogen) atoms. The predicted molar refractivity (Wildman–Crippen MR) is 86.0 cm³/mol. The Kier molecular flexibility index (Phi) is 5.26. The molecule has 1 aliphatic heterocycles. The van der Waals surface area contributed by atoms with Crippen molar-refractivity contribution in [3.05, 3.63) is 36.0 Å². The molecule has 0 bridgehead atoms. The lowest BCUT2D eigenvalue weighted by Gasteiger charge is -2.25. The summed E-state index contributed by atoms with van der Waals surface area (Å²) >= 11 is 0. The monoisotopic (exact) mass is 308 g/mol. The number of hydrogen-bond acceptors (Lipinski definition) is 3. The van der Waals surface area contributed by atoms with Gasteiger partial charge in [0.1, 0.15) is 0 Å². The summed E-state index contributed by atoms with van der Waals surface area (Å²) in [4.78, 5) is 11.6. The number of methoxy groups -OCH3 is 1. The average Bonchev–Trinajstić information content (AvgIpc) is 2.87. The van der Waals surface area contributed by atoms with E-state index >= 15 is 0 Å². The summed E-state index contributed by atoms with van der Waals surface area (Å²) in [5.74, 6) is -0.182. The number of carbonyl (C=O) groups is 1. The number of hydrogen-bond donors (Lipinski definition) is 1. The second-order valence-electron chi connectivity index (χ2n) is 5.31. The molecule has 0 atom stereocenters. The molecule has 1 N–H and O–H groups in total. The fraction of sp³-hybridized carbons (Fsp3) is 0.438. The van der Waals surface area contributed by atoms with E-state index in [0.29, 0.717) is 12.5 Å². The number of esters is 1. The molecular weight excluding hydrogens is 288 g/mol. The van der Waals surface area contributed by atoms with Crippen molar-refractivity contribution >= 4 is 29.3 Å². The molecule has 0 unspecified atom stereocenters. The number of para-hydroxylation sites is 1. The van der Waals surface area contributed by atoms with Crippen molar-refractivity contribution in [2.24, 2.45) is 0 Å². The van der Waals surface area contributed by atoms with Crippen molar-refractivity contribution in [3.8, 4) is 0 Å². The Balaban J connectivity index is 0.00000161. The van der Waals surface area contributed by atoms with Crippen LogP contribution in [-0.4, -0.2) is 30.7 Å². The van der Waals surface area contributed by atoms with E-state index in [0.717, 1.165) is 36.9 Å². The zero-order valence-electron chi connectivity index (χ0n) is 12.2. The SMILES string of the molecule is COC(=O)Cc1cn(C2CCNCC2)c2ccccc12.Cl. The molecule has 0 amide bonds. The van der Waals surface area contributed by atoms with Gasteiger partial charge in [-0.3, -0.25) is 4.79 Å². The summed E-state index contributed by atoms with van der Waals surface area (Å²) in [7, 11) is 1.44. The zero-order chi connectivity index (χ0) is 13.9. The normalized spacial score (nSPS) is 15.7. The third kappa shape index (κ3) is 3.22. The number of fused-ring (bicyclic) bond motifs is 1. The van der Waals surface area contributed by atoms with Crippen LogP contribution in [0.3, 0.4) is 0 Å². The molecular formula is C16H21ClN2O2. The highest BCUT2D eigenvalue weighted by molar-refractivity contribution is 5.88. The van der Waals surface area contributed by atoms with E-state index in [-0.39, 0.29) is 18.4 Å². The third-order valence-corrected chi connectivity index (χ3v) is 4.09. The number of nitrogens with one attached hydrogen (secondary N) is 1. The number of piperidine rings is 1. The lowest BCUT2D eigenvalue weighted by molar-refractivity contribution is -0.139. The van der Waals surface area contributed by atoms with Gasteiger partial charge in [0.25, 0.3) is 0 Å². The Labute approximate surface area is 130 Å². The molecule has 1 saturated heterocycles. The largest absolute Gasteiger partial charge is 0.469 e. The number of aromatic nitrogens is 1. The van der Waals surface area contributed by atoms with Crippen molar-refractivity contribution in [3.63, 3.8) is 0 Å². The third-order valence-electron chi connectivity index (χ3n) is 4.09. The number of rotatable bonds is 3. The van der Waals surface area contributed by atoms with Gasteiger partial charge in [0.2, 0.25) is 0 Å². The molecule has 0 aliphatic carbocycles.